The summed E-state index contributed by atoms with van der Waals surface area (Å²) in [6.45, 7) is 0.290. The summed E-state index contributed by atoms with van der Waals surface area (Å²) in [6.07, 6.45) is 4.26. The third kappa shape index (κ3) is 5.18. The first-order chi connectivity index (χ1) is 15.6. The Hall–Kier alpha value is -4.00. The van der Waals surface area contributed by atoms with Crippen LogP contribution in [0.4, 0.5) is 4.39 Å². The summed E-state index contributed by atoms with van der Waals surface area (Å²) in [5, 5.41) is 7.56. The number of aryl methyl sites for hydroxylation is 1. The van der Waals surface area contributed by atoms with Crippen molar-refractivity contribution in [2.24, 2.45) is 0 Å². The van der Waals surface area contributed by atoms with Gasteiger partial charge in [-0.25, -0.2) is 9.07 Å². The van der Waals surface area contributed by atoms with Crippen LogP contribution in [0.15, 0.2) is 79.1 Å². The number of amides is 1. The van der Waals surface area contributed by atoms with E-state index in [1.54, 1.807) is 31.6 Å². The molecule has 0 unspecified atom stereocenters. The Labute approximate surface area is 185 Å². The highest BCUT2D eigenvalue weighted by Crippen LogP contribution is 2.25. The topological polar surface area (TPSA) is 69.0 Å². The monoisotopic (exact) mass is 430 g/mol. The Kier molecular flexibility index (Phi) is 6.55. The van der Waals surface area contributed by atoms with Crippen LogP contribution < -0.4 is 10.1 Å². The average molecular weight is 430 g/mol. The fraction of sp³-hybridized carbons (Fsp3) is 0.160. The van der Waals surface area contributed by atoms with Crippen molar-refractivity contribution in [3.63, 3.8) is 0 Å². The highest BCUT2D eigenvalue weighted by molar-refractivity contribution is 5.76. The highest BCUT2D eigenvalue weighted by atomic mass is 19.1. The van der Waals surface area contributed by atoms with Gasteiger partial charge in [-0.15, -0.1) is 0 Å². The Bertz CT molecular complexity index is 1190. The first kappa shape index (κ1) is 21.2. The fourth-order valence-electron chi connectivity index (χ4n) is 3.37. The number of nitrogens with one attached hydrogen (secondary N) is 1. The van der Waals surface area contributed by atoms with Gasteiger partial charge in [0.05, 0.1) is 24.2 Å². The van der Waals surface area contributed by atoms with Gasteiger partial charge < -0.3 is 10.1 Å². The van der Waals surface area contributed by atoms with Gasteiger partial charge in [0.25, 0.3) is 0 Å². The molecule has 4 aromatic rings. The molecule has 0 saturated heterocycles. The van der Waals surface area contributed by atoms with Crippen molar-refractivity contribution in [1.29, 1.82) is 0 Å². The van der Waals surface area contributed by atoms with Gasteiger partial charge >= 0.3 is 0 Å². The summed E-state index contributed by atoms with van der Waals surface area (Å²) < 4.78 is 20.4. The van der Waals surface area contributed by atoms with Crippen molar-refractivity contribution in [1.82, 2.24) is 20.1 Å². The number of carbonyl (C=O) groups is 1. The van der Waals surface area contributed by atoms with E-state index in [1.807, 2.05) is 47.1 Å². The van der Waals surface area contributed by atoms with Crippen LogP contribution in [-0.4, -0.2) is 27.8 Å². The molecule has 0 saturated carbocycles. The van der Waals surface area contributed by atoms with Gasteiger partial charge in [0, 0.05) is 37.3 Å². The van der Waals surface area contributed by atoms with Crippen LogP contribution >= 0.6 is 0 Å². The van der Waals surface area contributed by atoms with E-state index in [9.17, 15) is 9.18 Å². The number of ether oxygens (including phenoxy) is 1. The molecule has 0 fully saturated rings. The van der Waals surface area contributed by atoms with E-state index < -0.39 is 0 Å². The lowest BCUT2D eigenvalue weighted by Crippen LogP contribution is -2.23. The van der Waals surface area contributed by atoms with E-state index in [0.717, 1.165) is 34.0 Å². The van der Waals surface area contributed by atoms with E-state index in [1.165, 1.54) is 12.1 Å². The minimum atomic E-state index is -0.316. The molecule has 0 spiro atoms. The maximum absolute atomic E-state index is 13.3. The Balaban J connectivity index is 1.48. The summed E-state index contributed by atoms with van der Waals surface area (Å²) in [5.74, 6) is 0.332. The third-order valence-electron chi connectivity index (χ3n) is 5.02. The number of halogens is 1. The smallest absolute Gasteiger partial charge is 0.220 e. The molecule has 1 amide bonds. The lowest BCUT2D eigenvalue weighted by Gasteiger charge is -2.08. The Morgan fingerprint density at radius 3 is 2.66 bits per heavy atom. The molecule has 0 aliphatic heterocycles. The molecular weight excluding hydrogens is 407 g/mol. The van der Waals surface area contributed by atoms with E-state index in [-0.39, 0.29) is 24.7 Å². The van der Waals surface area contributed by atoms with E-state index in [4.69, 9.17) is 9.84 Å². The van der Waals surface area contributed by atoms with Crippen LogP contribution in [0.1, 0.15) is 17.7 Å². The molecule has 2 aromatic heterocycles. The minimum Gasteiger partial charge on any atom is -0.497 e. The van der Waals surface area contributed by atoms with Gasteiger partial charge in [-0.3, -0.25) is 9.78 Å². The Morgan fingerprint density at radius 1 is 1.09 bits per heavy atom. The number of methoxy groups -OCH3 is 1. The lowest BCUT2D eigenvalue weighted by molar-refractivity contribution is -0.121. The number of nitrogens with zero attached hydrogens (tertiary/aromatic N) is 3. The number of carbonyl (C=O) groups excluding carboxylic acids is 1. The molecule has 0 atom stereocenters. The van der Waals surface area contributed by atoms with E-state index >= 15 is 0 Å². The van der Waals surface area contributed by atoms with Crippen molar-refractivity contribution in [3.8, 4) is 22.7 Å². The van der Waals surface area contributed by atoms with Gasteiger partial charge in [0.15, 0.2) is 0 Å². The molecule has 1 N–H and O–H groups in total. The molecular formula is C25H23FN4O2. The van der Waals surface area contributed by atoms with Crippen LogP contribution in [0, 0.1) is 5.82 Å². The molecule has 0 aliphatic rings. The number of benzene rings is 2. The summed E-state index contributed by atoms with van der Waals surface area (Å²) in [6, 6.07) is 19.6. The quantitative estimate of drug-likeness (QED) is 0.452. The molecule has 4 rings (SSSR count). The largest absolute Gasteiger partial charge is 0.497 e. The molecule has 0 bridgehead atoms. The lowest BCUT2D eigenvalue weighted by atomic mass is 10.1. The highest BCUT2D eigenvalue weighted by Gasteiger charge is 2.13. The molecule has 0 radical (unpaired) electrons. The fourth-order valence-corrected chi connectivity index (χ4v) is 3.37. The second-order valence-electron chi connectivity index (χ2n) is 7.28. The van der Waals surface area contributed by atoms with Crippen LogP contribution in [0.5, 0.6) is 5.75 Å². The number of hydrogen-bond donors (Lipinski definition) is 1. The zero-order valence-corrected chi connectivity index (χ0v) is 17.7. The summed E-state index contributed by atoms with van der Waals surface area (Å²) >= 11 is 0. The minimum absolute atomic E-state index is 0.115. The van der Waals surface area contributed by atoms with Crippen molar-refractivity contribution in [2.45, 2.75) is 19.4 Å². The molecule has 6 nitrogen and oxygen atoms in total. The second-order valence-corrected chi connectivity index (χ2v) is 7.28. The number of rotatable bonds is 8. The van der Waals surface area contributed by atoms with Gasteiger partial charge in [0.1, 0.15) is 11.6 Å². The maximum Gasteiger partial charge on any atom is 0.220 e. The van der Waals surface area contributed by atoms with Crippen LogP contribution in [0.3, 0.4) is 0 Å². The molecule has 162 valence electrons. The van der Waals surface area contributed by atoms with Gasteiger partial charge in [0.2, 0.25) is 5.91 Å². The molecule has 0 aliphatic carbocycles. The zero-order valence-electron chi connectivity index (χ0n) is 17.7. The predicted octanol–water partition coefficient (Wildman–Crippen LogP) is 4.33. The number of hydrogen-bond acceptors (Lipinski definition) is 4. The standard InChI is InChI=1S/C25H23FN4O2/c1-32-23-10-8-22(9-11-23)30-24(19-5-3-13-27-17-19)15-21(29-30)7-12-25(31)28-16-18-4-2-6-20(26)14-18/h2-6,8-11,13-15,17H,7,12,16H2,1H3,(H,28,31). The van der Waals surface area contributed by atoms with E-state index in [0.29, 0.717) is 6.42 Å². The van der Waals surface area contributed by atoms with Crippen molar-refractivity contribution in [2.75, 3.05) is 7.11 Å². The maximum atomic E-state index is 13.3. The van der Waals surface area contributed by atoms with E-state index in [2.05, 4.69) is 10.3 Å². The SMILES string of the molecule is COc1ccc(-n2nc(CCC(=O)NCc3cccc(F)c3)cc2-c2cccnc2)cc1. The predicted molar refractivity (Wildman–Crippen MR) is 120 cm³/mol. The number of aromatic nitrogens is 3. The third-order valence-corrected chi connectivity index (χ3v) is 5.02. The molecule has 32 heavy (non-hydrogen) atoms. The van der Waals surface area contributed by atoms with Gasteiger partial charge in [-0.05, 0) is 60.2 Å². The summed E-state index contributed by atoms with van der Waals surface area (Å²) in [7, 11) is 1.63. The van der Waals surface area contributed by atoms with Gasteiger partial charge in [-0.2, -0.15) is 5.10 Å². The second kappa shape index (κ2) is 9.87. The van der Waals surface area contributed by atoms with Crippen LogP contribution in [-0.2, 0) is 17.8 Å². The number of pyridine rings is 1. The van der Waals surface area contributed by atoms with Crippen LogP contribution in [0.25, 0.3) is 16.9 Å². The van der Waals surface area contributed by atoms with Crippen LogP contribution in [0.2, 0.25) is 0 Å². The summed E-state index contributed by atoms with van der Waals surface area (Å²) in [5.41, 5.74) is 4.21. The molecule has 2 aromatic carbocycles. The summed E-state index contributed by atoms with van der Waals surface area (Å²) in [4.78, 5) is 16.5. The average Bonchev–Trinajstić information content (AvgIpc) is 3.26. The van der Waals surface area contributed by atoms with Gasteiger partial charge in [-0.1, -0.05) is 12.1 Å². The normalized spacial score (nSPS) is 10.7. The molecule has 7 heteroatoms. The zero-order chi connectivity index (χ0) is 22.3. The van der Waals surface area contributed by atoms with Crippen molar-refractivity contribution >= 4 is 5.91 Å². The van der Waals surface area contributed by atoms with Crippen molar-refractivity contribution in [3.05, 3.63) is 96.2 Å². The molecule has 2 heterocycles. The first-order valence-electron chi connectivity index (χ1n) is 10.3. The first-order valence-corrected chi connectivity index (χ1v) is 10.3. The van der Waals surface area contributed by atoms with Crippen molar-refractivity contribution < 1.29 is 13.9 Å². The Morgan fingerprint density at radius 2 is 1.94 bits per heavy atom.